The van der Waals surface area contributed by atoms with E-state index in [0.717, 1.165) is 18.2 Å². The van der Waals surface area contributed by atoms with E-state index >= 15 is 0 Å². The summed E-state index contributed by atoms with van der Waals surface area (Å²) in [5, 5.41) is 14.1. The average Bonchev–Trinajstić information content (AvgIpc) is 2.45. The minimum atomic E-state index is -0.589. The van der Waals surface area contributed by atoms with Crippen LogP contribution in [-0.4, -0.2) is 24.3 Å². The molecule has 1 aromatic carbocycles. The third-order valence-corrected chi connectivity index (χ3v) is 3.28. The van der Waals surface area contributed by atoms with Gasteiger partial charge in [-0.25, -0.2) is 13.6 Å². The number of nitrogens with one attached hydrogen (secondary N) is 2. The molecule has 2 atom stereocenters. The summed E-state index contributed by atoms with van der Waals surface area (Å²) in [6.07, 6.45) is 1.04. The van der Waals surface area contributed by atoms with E-state index in [1.807, 2.05) is 6.92 Å². The van der Waals surface area contributed by atoms with Gasteiger partial charge in [-0.1, -0.05) is 13.8 Å². The Labute approximate surface area is 123 Å². The van der Waals surface area contributed by atoms with E-state index < -0.39 is 23.7 Å². The molecule has 0 bridgehead atoms. The van der Waals surface area contributed by atoms with Crippen molar-refractivity contribution in [3.8, 4) is 0 Å². The largest absolute Gasteiger partial charge is 0.396 e. The predicted molar refractivity (Wildman–Crippen MR) is 76.8 cm³/mol. The lowest BCUT2D eigenvalue weighted by Crippen LogP contribution is -2.40. The fourth-order valence-corrected chi connectivity index (χ4v) is 1.98. The molecule has 0 spiro atoms. The monoisotopic (exact) mass is 300 g/mol. The first-order valence-corrected chi connectivity index (χ1v) is 7.08. The zero-order chi connectivity index (χ0) is 15.8. The Bertz CT molecular complexity index is 469. The van der Waals surface area contributed by atoms with Crippen molar-refractivity contribution in [2.24, 2.45) is 5.92 Å². The molecule has 118 valence electrons. The minimum absolute atomic E-state index is 0.0660. The normalized spacial score (nSPS) is 13.6. The highest BCUT2D eigenvalue weighted by Gasteiger charge is 2.17. The number of carbonyl (C=O) groups excluding carboxylic acids is 1. The zero-order valence-corrected chi connectivity index (χ0v) is 12.3. The quantitative estimate of drug-likeness (QED) is 0.725. The molecule has 1 rings (SSSR count). The Balaban J connectivity index is 2.61. The molecular weight excluding hydrogens is 278 g/mol. The first kappa shape index (κ1) is 17.4. The lowest BCUT2D eigenvalue weighted by molar-refractivity contribution is 0.230. The van der Waals surface area contributed by atoms with E-state index in [0.29, 0.717) is 19.4 Å². The molecule has 0 saturated heterocycles. The van der Waals surface area contributed by atoms with Crippen molar-refractivity contribution in [3.63, 3.8) is 0 Å². The molecule has 0 heterocycles. The maximum Gasteiger partial charge on any atom is 0.315 e. The zero-order valence-electron chi connectivity index (χ0n) is 12.3. The molecule has 0 radical (unpaired) electrons. The molecular formula is C15H22F2N2O2. The van der Waals surface area contributed by atoms with Crippen LogP contribution < -0.4 is 10.6 Å². The molecule has 4 nitrogen and oxygen atoms in total. The van der Waals surface area contributed by atoms with Crippen LogP contribution >= 0.6 is 0 Å². The van der Waals surface area contributed by atoms with Crippen molar-refractivity contribution in [1.29, 1.82) is 0 Å². The van der Waals surface area contributed by atoms with E-state index in [1.165, 1.54) is 0 Å². The van der Waals surface area contributed by atoms with Gasteiger partial charge in [0.25, 0.3) is 0 Å². The predicted octanol–water partition coefficient (Wildman–Crippen LogP) is 2.73. The first-order chi connectivity index (χ1) is 9.97. The number of hydrogen-bond donors (Lipinski definition) is 3. The fourth-order valence-electron chi connectivity index (χ4n) is 1.98. The summed E-state index contributed by atoms with van der Waals surface area (Å²) in [4.78, 5) is 11.8. The molecule has 1 aromatic rings. The van der Waals surface area contributed by atoms with Crippen LogP contribution in [0, 0.1) is 17.6 Å². The van der Waals surface area contributed by atoms with Crippen molar-refractivity contribution < 1.29 is 18.7 Å². The highest BCUT2D eigenvalue weighted by atomic mass is 19.1. The third-order valence-electron chi connectivity index (χ3n) is 3.28. The van der Waals surface area contributed by atoms with Gasteiger partial charge < -0.3 is 15.7 Å². The summed E-state index contributed by atoms with van der Waals surface area (Å²) < 4.78 is 26.9. The van der Waals surface area contributed by atoms with Crippen LogP contribution in [0.3, 0.4) is 0 Å². The van der Waals surface area contributed by atoms with Gasteiger partial charge in [0.05, 0.1) is 6.04 Å². The molecule has 0 aromatic heterocycles. The smallest absolute Gasteiger partial charge is 0.315 e. The summed E-state index contributed by atoms with van der Waals surface area (Å²) in [7, 11) is 0. The number of carbonyl (C=O) groups is 1. The first-order valence-electron chi connectivity index (χ1n) is 7.08. The summed E-state index contributed by atoms with van der Waals surface area (Å²) in [6, 6.07) is 2.17. The van der Waals surface area contributed by atoms with Gasteiger partial charge in [0.15, 0.2) is 0 Å². The van der Waals surface area contributed by atoms with Crippen LogP contribution in [0.1, 0.15) is 38.3 Å². The van der Waals surface area contributed by atoms with E-state index in [2.05, 4.69) is 10.6 Å². The number of hydrogen-bond acceptors (Lipinski definition) is 2. The second-order valence-electron chi connectivity index (χ2n) is 5.10. The van der Waals surface area contributed by atoms with E-state index in [-0.39, 0.29) is 18.1 Å². The molecule has 2 unspecified atom stereocenters. The second kappa shape index (κ2) is 8.56. The summed E-state index contributed by atoms with van der Waals surface area (Å²) in [6.45, 7) is 4.16. The van der Waals surface area contributed by atoms with Crippen LogP contribution in [0.2, 0.25) is 0 Å². The van der Waals surface area contributed by atoms with Crippen molar-refractivity contribution in [2.45, 2.75) is 32.7 Å². The minimum Gasteiger partial charge on any atom is -0.396 e. The number of urea groups is 1. The molecule has 21 heavy (non-hydrogen) atoms. The molecule has 0 fully saturated rings. The fraction of sp³-hybridized carbons (Fsp3) is 0.533. The Kier molecular flexibility index (Phi) is 7.08. The van der Waals surface area contributed by atoms with Crippen LogP contribution in [0.25, 0.3) is 0 Å². The maximum atomic E-state index is 13.7. The lowest BCUT2D eigenvalue weighted by Gasteiger charge is -2.19. The number of rotatable bonds is 7. The van der Waals surface area contributed by atoms with Crippen LogP contribution in [0.4, 0.5) is 13.6 Å². The number of aliphatic hydroxyl groups excluding tert-OH is 1. The summed E-state index contributed by atoms with van der Waals surface area (Å²) in [5.74, 6) is -0.937. The Morgan fingerprint density at radius 1 is 1.38 bits per heavy atom. The molecule has 0 saturated carbocycles. The van der Waals surface area contributed by atoms with Crippen LogP contribution in [0.15, 0.2) is 18.2 Å². The van der Waals surface area contributed by atoms with Gasteiger partial charge in [-0.2, -0.15) is 0 Å². The molecule has 0 aliphatic carbocycles. The van der Waals surface area contributed by atoms with Crippen LogP contribution in [-0.2, 0) is 0 Å². The molecule has 0 aliphatic heterocycles. The van der Waals surface area contributed by atoms with Gasteiger partial charge in [-0.05, 0) is 37.0 Å². The summed E-state index contributed by atoms with van der Waals surface area (Å²) in [5.41, 5.74) is 0.135. The standard InChI is InChI=1S/C15H22F2N2O2/c1-3-14(12-8-11(16)4-5-13(12)17)19-15(21)18-9-10(2)6-7-20/h4-5,8,10,14,20H,3,6-7,9H2,1-2H3,(H2,18,19,21). The maximum absolute atomic E-state index is 13.7. The Morgan fingerprint density at radius 3 is 2.71 bits per heavy atom. The van der Waals surface area contributed by atoms with E-state index in [9.17, 15) is 13.6 Å². The van der Waals surface area contributed by atoms with E-state index in [4.69, 9.17) is 5.11 Å². The number of halogens is 2. The topological polar surface area (TPSA) is 61.4 Å². The molecule has 6 heteroatoms. The number of benzene rings is 1. The molecule has 3 N–H and O–H groups in total. The highest BCUT2D eigenvalue weighted by Crippen LogP contribution is 2.21. The van der Waals surface area contributed by atoms with Crippen molar-refractivity contribution in [1.82, 2.24) is 10.6 Å². The SMILES string of the molecule is CCC(NC(=O)NCC(C)CCO)c1cc(F)ccc1F. The Hall–Kier alpha value is -1.69. The summed E-state index contributed by atoms with van der Waals surface area (Å²) >= 11 is 0. The van der Waals surface area contributed by atoms with Gasteiger partial charge in [0, 0.05) is 18.7 Å². The van der Waals surface area contributed by atoms with Gasteiger partial charge in [-0.15, -0.1) is 0 Å². The third kappa shape index (κ3) is 5.67. The van der Waals surface area contributed by atoms with Crippen molar-refractivity contribution in [3.05, 3.63) is 35.4 Å². The van der Waals surface area contributed by atoms with E-state index in [1.54, 1.807) is 6.92 Å². The van der Waals surface area contributed by atoms with Gasteiger partial charge in [0.1, 0.15) is 11.6 Å². The van der Waals surface area contributed by atoms with Crippen molar-refractivity contribution in [2.75, 3.05) is 13.2 Å². The molecule has 2 amide bonds. The second-order valence-corrected chi connectivity index (χ2v) is 5.10. The van der Waals surface area contributed by atoms with Gasteiger partial charge in [0.2, 0.25) is 0 Å². The Morgan fingerprint density at radius 2 is 2.10 bits per heavy atom. The van der Waals surface area contributed by atoms with Crippen LogP contribution in [0.5, 0.6) is 0 Å². The van der Waals surface area contributed by atoms with Gasteiger partial charge in [-0.3, -0.25) is 0 Å². The number of aliphatic hydroxyl groups is 1. The van der Waals surface area contributed by atoms with Gasteiger partial charge >= 0.3 is 6.03 Å². The van der Waals surface area contributed by atoms with Crippen molar-refractivity contribution >= 4 is 6.03 Å². The lowest BCUT2D eigenvalue weighted by atomic mass is 10.0. The molecule has 0 aliphatic rings. The number of amides is 2. The highest BCUT2D eigenvalue weighted by molar-refractivity contribution is 5.74. The average molecular weight is 300 g/mol.